The molecular formula is C24H26N6O3. The highest BCUT2D eigenvalue weighted by Gasteiger charge is 2.53. The predicted molar refractivity (Wildman–Crippen MR) is 122 cm³/mol. The summed E-state index contributed by atoms with van der Waals surface area (Å²) < 4.78 is 6.31. The van der Waals surface area contributed by atoms with Crippen LogP contribution in [0.15, 0.2) is 48.5 Å². The lowest BCUT2D eigenvalue weighted by molar-refractivity contribution is -0.139. The molecule has 3 aliphatic heterocycles. The summed E-state index contributed by atoms with van der Waals surface area (Å²) in [6, 6.07) is 14.7. The summed E-state index contributed by atoms with van der Waals surface area (Å²) >= 11 is 0. The molecule has 2 saturated heterocycles. The molecule has 3 aliphatic rings. The van der Waals surface area contributed by atoms with Crippen LogP contribution in [0.5, 0.6) is 0 Å². The maximum absolute atomic E-state index is 13.2. The molecule has 170 valence electrons. The lowest BCUT2D eigenvalue weighted by Gasteiger charge is -2.41. The zero-order valence-electron chi connectivity index (χ0n) is 18.5. The van der Waals surface area contributed by atoms with Crippen LogP contribution in [0.2, 0.25) is 0 Å². The van der Waals surface area contributed by atoms with Crippen molar-refractivity contribution in [3.8, 4) is 0 Å². The number of amides is 2. The molecule has 3 aromatic rings. The molecule has 1 aromatic heterocycles. The van der Waals surface area contributed by atoms with Gasteiger partial charge in [-0.25, -0.2) is 0 Å². The van der Waals surface area contributed by atoms with Crippen LogP contribution < -0.4 is 10.6 Å². The number of anilines is 1. The van der Waals surface area contributed by atoms with Crippen LogP contribution >= 0.6 is 0 Å². The molecule has 0 aliphatic carbocycles. The number of piperidine rings is 1. The van der Waals surface area contributed by atoms with Crippen LogP contribution in [0, 0.1) is 0 Å². The minimum Gasteiger partial charge on any atom is -0.370 e. The van der Waals surface area contributed by atoms with Gasteiger partial charge in [-0.3, -0.25) is 9.59 Å². The first-order valence-electron chi connectivity index (χ1n) is 11.4. The summed E-state index contributed by atoms with van der Waals surface area (Å²) in [5.41, 5.74) is 2.08. The van der Waals surface area contributed by atoms with Crippen LogP contribution in [0.4, 0.5) is 5.69 Å². The van der Waals surface area contributed by atoms with Crippen molar-refractivity contribution in [2.45, 2.75) is 43.5 Å². The molecule has 6 rings (SSSR count). The summed E-state index contributed by atoms with van der Waals surface area (Å²) in [7, 11) is 0. The van der Waals surface area contributed by atoms with Crippen molar-refractivity contribution in [2.75, 3.05) is 25.0 Å². The highest BCUT2D eigenvalue weighted by Crippen LogP contribution is 2.43. The number of nitrogens with one attached hydrogen (secondary N) is 2. The van der Waals surface area contributed by atoms with E-state index in [9.17, 15) is 9.59 Å². The van der Waals surface area contributed by atoms with E-state index in [2.05, 4.69) is 20.8 Å². The number of likely N-dealkylation sites (tertiary alicyclic amines) is 1. The number of rotatable bonds is 2. The first-order chi connectivity index (χ1) is 16.0. The van der Waals surface area contributed by atoms with Crippen molar-refractivity contribution >= 4 is 28.5 Å². The molecule has 2 aromatic carbocycles. The fourth-order valence-corrected chi connectivity index (χ4v) is 5.32. The second kappa shape index (κ2) is 7.28. The Morgan fingerprint density at radius 2 is 1.70 bits per heavy atom. The highest BCUT2D eigenvalue weighted by atomic mass is 16.5. The number of hydrogen-bond acceptors (Lipinski definition) is 6. The number of carbonyl (C=O) groups is 2. The van der Waals surface area contributed by atoms with E-state index >= 15 is 0 Å². The Hall–Kier alpha value is -3.46. The Morgan fingerprint density at radius 3 is 2.42 bits per heavy atom. The van der Waals surface area contributed by atoms with E-state index in [0.717, 1.165) is 29.6 Å². The Balaban J connectivity index is 1.13. The van der Waals surface area contributed by atoms with E-state index in [1.54, 1.807) is 0 Å². The zero-order valence-corrected chi connectivity index (χ0v) is 18.5. The molecule has 2 spiro atoms. The normalized spacial score (nSPS) is 24.5. The Morgan fingerprint density at radius 1 is 1.03 bits per heavy atom. The Bertz CT molecular complexity index is 1210. The number of aromatic nitrogens is 3. The second-order valence-electron chi connectivity index (χ2n) is 9.37. The molecule has 2 N–H and O–H groups in total. The fraction of sp³-hybridized carbons (Fsp3) is 0.417. The van der Waals surface area contributed by atoms with Crippen molar-refractivity contribution < 1.29 is 14.3 Å². The van der Waals surface area contributed by atoms with Crippen LogP contribution in [-0.4, -0.2) is 62.7 Å². The van der Waals surface area contributed by atoms with Gasteiger partial charge in [-0.05, 0) is 44.0 Å². The van der Waals surface area contributed by atoms with Gasteiger partial charge in [-0.15, -0.1) is 0 Å². The zero-order chi connectivity index (χ0) is 22.6. The molecule has 2 amide bonds. The van der Waals surface area contributed by atoms with Gasteiger partial charge in [0.1, 0.15) is 22.7 Å². The van der Waals surface area contributed by atoms with Gasteiger partial charge in [0, 0.05) is 25.2 Å². The second-order valence-corrected chi connectivity index (χ2v) is 9.37. The summed E-state index contributed by atoms with van der Waals surface area (Å²) in [4.78, 5) is 29.2. The Labute approximate surface area is 191 Å². The molecule has 2 unspecified atom stereocenters. The fourth-order valence-electron chi connectivity index (χ4n) is 5.32. The standard InChI is InChI=1S/C24H26N6O3/c1-16(30-27-19-8-4-5-9-20(19)28-30)22(32)29-12-10-23(11-13-29)14-24(15-33-23)25-18-7-3-2-6-17(18)21(31)26-24/h2-9,16,25H,10-15H2,1H3,(H,26,31). The average molecular weight is 447 g/mol. The van der Waals surface area contributed by atoms with Crippen LogP contribution in [0.25, 0.3) is 11.0 Å². The van der Waals surface area contributed by atoms with Gasteiger partial charge in [0.15, 0.2) is 0 Å². The molecule has 4 heterocycles. The van der Waals surface area contributed by atoms with E-state index in [1.807, 2.05) is 60.4 Å². The molecule has 0 radical (unpaired) electrons. The number of para-hydroxylation sites is 1. The van der Waals surface area contributed by atoms with Gasteiger partial charge >= 0.3 is 0 Å². The number of carbonyl (C=O) groups excluding carboxylic acids is 2. The topological polar surface area (TPSA) is 101 Å². The average Bonchev–Trinajstić information content (AvgIpc) is 3.40. The third-order valence-corrected chi connectivity index (χ3v) is 7.14. The van der Waals surface area contributed by atoms with E-state index in [-0.39, 0.29) is 17.4 Å². The number of nitrogens with zero attached hydrogens (tertiary/aromatic N) is 4. The van der Waals surface area contributed by atoms with Crippen molar-refractivity contribution in [2.24, 2.45) is 0 Å². The third kappa shape index (κ3) is 3.34. The minimum atomic E-state index is -0.607. The Kier molecular flexibility index (Phi) is 4.45. The third-order valence-electron chi connectivity index (χ3n) is 7.14. The lowest BCUT2D eigenvalue weighted by atomic mass is 9.84. The molecule has 2 fully saturated rings. The SMILES string of the molecule is CC(C(=O)N1CCC2(CC1)CC1(CO2)NC(=O)c2ccccc2N1)n1nc2ccccc2n1. The molecular weight excluding hydrogens is 420 g/mol. The monoisotopic (exact) mass is 446 g/mol. The van der Waals surface area contributed by atoms with Gasteiger partial charge in [0.05, 0.1) is 17.8 Å². The van der Waals surface area contributed by atoms with E-state index in [1.165, 1.54) is 4.80 Å². The highest BCUT2D eigenvalue weighted by molar-refractivity contribution is 6.02. The maximum Gasteiger partial charge on any atom is 0.255 e. The molecule has 9 nitrogen and oxygen atoms in total. The molecule has 0 bridgehead atoms. The smallest absolute Gasteiger partial charge is 0.255 e. The first-order valence-corrected chi connectivity index (χ1v) is 11.4. The van der Waals surface area contributed by atoms with Gasteiger partial charge < -0.3 is 20.3 Å². The van der Waals surface area contributed by atoms with Gasteiger partial charge in [0.25, 0.3) is 5.91 Å². The number of hydrogen-bond donors (Lipinski definition) is 2. The molecule has 2 atom stereocenters. The lowest BCUT2D eigenvalue weighted by Crippen LogP contribution is -2.59. The first kappa shape index (κ1) is 20.2. The number of fused-ring (bicyclic) bond motifs is 2. The van der Waals surface area contributed by atoms with Gasteiger partial charge in [-0.1, -0.05) is 24.3 Å². The summed E-state index contributed by atoms with van der Waals surface area (Å²) in [6.45, 7) is 3.45. The summed E-state index contributed by atoms with van der Waals surface area (Å²) in [5, 5.41) is 15.6. The number of ether oxygens (including phenoxy) is 1. The van der Waals surface area contributed by atoms with Crippen LogP contribution in [0.1, 0.15) is 42.6 Å². The van der Waals surface area contributed by atoms with Crippen LogP contribution in [0.3, 0.4) is 0 Å². The van der Waals surface area contributed by atoms with E-state index in [0.29, 0.717) is 31.7 Å². The minimum absolute atomic E-state index is 0.0101. The quantitative estimate of drug-likeness (QED) is 0.627. The van der Waals surface area contributed by atoms with Gasteiger partial charge in [0.2, 0.25) is 5.91 Å². The van der Waals surface area contributed by atoms with Crippen molar-refractivity contribution in [3.05, 3.63) is 54.1 Å². The summed E-state index contributed by atoms with van der Waals surface area (Å²) in [5.74, 6) is -0.0681. The molecule has 33 heavy (non-hydrogen) atoms. The van der Waals surface area contributed by atoms with Crippen molar-refractivity contribution in [3.63, 3.8) is 0 Å². The number of benzene rings is 2. The van der Waals surface area contributed by atoms with E-state index in [4.69, 9.17) is 4.74 Å². The summed E-state index contributed by atoms with van der Waals surface area (Å²) in [6.07, 6.45) is 2.12. The van der Waals surface area contributed by atoms with Crippen LogP contribution in [-0.2, 0) is 9.53 Å². The molecule has 9 heteroatoms. The van der Waals surface area contributed by atoms with Crippen molar-refractivity contribution in [1.29, 1.82) is 0 Å². The van der Waals surface area contributed by atoms with Gasteiger partial charge in [-0.2, -0.15) is 15.0 Å². The largest absolute Gasteiger partial charge is 0.370 e. The van der Waals surface area contributed by atoms with Crippen molar-refractivity contribution in [1.82, 2.24) is 25.2 Å². The van der Waals surface area contributed by atoms with E-state index < -0.39 is 11.7 Å². The maximum atomic E-state index is 13.2. The molecule has 0 saturated carbocycles. The predicted octanol–water partition coefficient (Wildman–Crippen LogP) is 2.33.